The molecule has 50 valence electrons. The van der Waals surface area contributed by atoms with Crippen molar-refractivity contribution in [3.05, 3.63) is 12.2 Å². The third kappa shape index (κ3) is 1.12. The molecular weight excluding hydrogens is 116 g/mol. The van der Waals surface area contributed by atoms with E-state index in [0.717, 1.165) is 12.0 Å². The van der Waals surface area contributed by atoms with Crippen LogP contribution in [0.15, 0.2) is 12.2 Å². The molecule has 2 atom stereocenters. The second-order valence-corrected chi connectivity index (χ2v) is 2.63. The van der Waals surface area contributed by atoms with E-state index in [1.165, 1.54) is 0 Å². The fourth-order valence-corrected chi connectivity index (χ4v) is 1.01. The standard InChI is InChI=1S/C7H10O2/c1-4(2)5-3-6(5)7(8)9/h5-6H,1,3H2,2H3,(H,8,9)/t5-,6+/m0/s1. The predicted octanol–water partition coefficient (Wildman–Crippen LogP) is 1.28. The zero-order valence-electron chi connectivity index (χ0n) is 5.42. The van der Waals surface area contributed by atoms with E-state index in [9.17, 15) is 4.79 Å². The molecule has 0 aromatic heterocycles. The Morgan fingerprint density at radius 3 is 2.33 bits per heavy atom. The van der Waals surface area contributed by atoms with Crippen LogP contribution < -0.4 is 0 Å². The van der Waals surface area contributed by atoms with Crippen LogP contribution in [0.3, 0.4) is 0 Å². The molecular formula is C7H10O2. The van der Waals surface area contributed by atoms with Gasteiger partial charge in [0.25, 0.3) is 0 Å². The van der Waals surface area contributed by atoms with Crippen molar-refractivity contribution in [2.24, 2.45) is 11.8 Å². The summed E-state index contributed by atoms with van der Waals surface area (Å²) in [7, 11) is 0. The maximum atomic E-state index is 10.2. The number of carboxylic acid groups (broad SMARTS) is 1. The molecule has 0 unspecified atom stereocenters. The number of carbonyl (C=O) groups is 1. The summed E-state index contributed by atoms with van der Waals surface area (Å²) >= 11 is 0. The van der Waals surface area contributed by atoms with Gasteiger partial charge < -0.3 is 5.11 Å². The van der Waals surface area contributed by atoms with Crippen LogP contribution in [0.4, 0.5) is 0 Å². The van der Waals surface area contributed by atoms with E-state index in [4.69, 9.17) is 5.11 Å². The SMILES string of the molecule is C=C(C)[C@@H]1C[C@H]1C(=O)O. The Bertz CT molecular complexity index is 142. The van der Waals surface area contributed by atoms with Crippen LogP contribution >= 0.6 is 0 Å². The van der Waals surface area contributed by atoms with Gasteiger partial charge in [-0.2, -0.15) is 0 Å². The largest absolute Gasteiger partial charge is 0.481 e. The van der Waals surface area contributed by atoms with Gasteiger partial charge in [-0.1, -0.05) is 12.2 Å². The van der Waals surface area contributed by atoms with Gasteiger partial charge in [0.15, 0.2) is 0 Å². The molecule has 1 aliphatic rings. The lowest BCUT2D eigenvalue weighted by molar-refractivity contribution is -0.138. The van der Waals surface area contributed by atoms with Crippen molar-refractivity contribution in [2.75, 3.05) is 0 Å². The molecule has 1 N–H and O–H groups in total. The first kappa shape index (κ1) is 6.33. The van der Waals surface area contributed by atoms with Gasteiger partial charge in [0.1, 0.15) is 0 Å². The molecule has 0 heterocycles. The van der Waals surface area contributed by atoms with Gasteiger partial charge in [0.05, 0.1) is 5.92 Å². The van der Waals surface area contributed by atoms with Crippen molar-refractivity contribution < 1.29 is 9.90 Å². The molecule has 0 bridgehead atoms. The van der Waals surface area contributed by atoms with Gasteiger partial charge in [0.2, 0.25) is 0 Å². The van der Waals surface area contributed by atoms with Crippen LogP contribution in [-0.4, -0.2) is 11.1 Å². The molecule has 9 heavy (non-hydrogen) atoms. The Labute approximate surface area is 54.2 Å². The lowest BCUT2D eigenvalue weighted by atomic mass is 10.2. The van der Waals surface area contributed by atoms with Crippen molar-refractivity contribution >= 4 is 5.97 Å². The molecule has 0 spiro atoms. The van der Waals surface area contributed by atoms with Gasteiger partial charge in [-0.25, -0.2) is 0 Å². The highest BCUT2D eigenvalue weighted by molar-refractivity contribution is 5.74. The number of hydrogen-bond donors (Lipinski definition) is 1. The van der Waals surface area contributed by atoms with Crippen LogP contribution in [0.25, 0.3) is 0 Å². The summed E-state index contributed by atoms with van der Waals surface area (Å²) in [6.07, 6.45) is 0.796. The third-order valence-electron chi connectivity index (χ3n) is 1.74. The van der Waals surface area contributed by atoms with E-state index in [-0.39, 0.29) is 11.8 Å². The molecule has 0 amide bonds. The number of allylic oxidation sites excluding steroid dienone is 1. The van der Waals surface area contributed by atoms with Gasteiger partial charge >= 0.3 is 5.97 Å². The van der Waals surface area contributed by atoms with E-state index in [0.29, 0.717) is 0 Å². The Hall–Kier alpha value is -0.790. The topological polar surface area (TPSA) is 37.3 Å². The smallest absolute Gasteiger partial charge is 0.307 e. The Morgan fingerprint density at radius 1 is 1.67 bits per heavy atom. The Balaban J connectivity index is 2.42. The van der Waals surface area contributed by atoms with Crippen molar-refractivity contribution in [3.63, 3.8) is 0 Å². The van der Waals surface area contributed by atoms with E-state index < -0.39 is 5.97 Å². The molecule has 0 aromatic carbocycles. The Kier molecular flexibility index (Phi) is 1.31. The summed E-state index contributed by atoms with van der Waals surface area (Å²) in [6.45, 7) is 5.57. The quantitative estimate of drug-likeness (QED) is 0.566. The summed E-state index contributed by atoms with van der Waals surface area (Å²) < 4.78 is 0. The first-order valence-electron chi connectivity index (χ1n) is 3.01. The molecule has 2 heteroatoms. The fourth-order valence-electron chi connectivity index (χ4n) is 1.01. The normalized spacial score (nSPS) is 31.7. The van der Waals surface area contributed by atoms with E-state index in [1.807, 2.05) is 6.92 Å². The van der Waals surface area contributed by atoms with Crippen molar-refractivity contribution in [1.29, 1.82) is 0 Å². The predicted molar refractivity (Wildman–Crippen MR) is 34.0 cm³/mol. The lowest BCUT2D eigenvalue weighted by Crippen LogP contribution is -1.99. The van der Waals surface area contributed by atoms with Crippen LogP contribution in [0, 0.1) is 11.8 Å². The van der Waals surface area contributed by atoms with Crippen molar-refractivity contribution in [3.8, 4) is 0 Å². The Morgan fingerprint density at radius 2 is 2.22 bits per heavy atom. The summed E-state index contributed by atoms with van der Waals surface area (Å²) in [5, 5.41) is 8.43. The van der Waals surface area contributed by atoms with Crippen LogP contribution in [-0.2, 0) is 4.79 Å². The van der Waals surface area contributed by atoms with E-state index in [2.05, 4.69) is 6.58 Å². The monoisotopic (exact) mass is 126 g/mol. The van der Waals surface area contributed by atoms with Gasteiger partial charge in [-0.15, -0.1) is 0 Å². The average Bonchev–Trinajstić information content (AvgIpc) is 2.39. The second-order valence-electron chi connectivity index (χ2n) is 2.63. The first-order chi connectivity index (χ1) is 4.13. The van der Waals surface area contributed by atoms with E-state index >= 15 is 0 Å². The van der Waals surface area contributed by atoms with Gasteiger partial charge in [0, 0.05) is 0 Å². The molecule has 0 saturated heterocycles. The highest BCUT2D eigenvalue weighted by atomic mass is 16.4. The molecule has 1 fully saturated rings. The van der Waals surface area contributed by atoms with Gasteiger partial charge in [-0.05, 0) is 19.3 Å². The van der Waals surface area contributed by atoms with Gasteiger partial charge in [-0.3, -0.25) is 4.79 Å². The number of hydrogen-bond acceptors (Lipinski definition) is 1. The summed E-state index contributed by atoms with van der Waals surface area (Å²) in [5.41, 5.74) is 1.00. The number of carboxylic acids is 1. The third-order valence-corrected chi connectivity index (χ3v) is 1.74. The molecule has 0 aromatic rings. The lowest BCUT2D eigenvalue weighted by Gasteiger charge is -1.90. The molecule has 1 rings (SSSR count). The zero-order chi connectivity index (χ0) is 7.02. The maximum Gasteiger partial charge on any atom is 0.307 e. The zero-order valence-corrected chi connectivity index (χ0v) is 5.42. The number of aliphatic carboxylic acids is 1. The highest BCUT2D eigenvalue weighted by Crippen LogP contribution is 2.43. The molecule has 0 aliphatic heterocycles. The minimum Gasteiger partial charge on any atom is -0.481 e. The second kappa shape index (κ2) is 1.87. The highest BCUT2D eigenvalue weighted by Gasteiger charge is 2.43. The minimum absolute atomic E-state index is 0.123. The maximum absolute atomic E-state index is 10.2. The van der Waals surface area contributed by atoms with Crippen LogP contribution in [0.1, 0.15) is 13.3 Å². The van der Waals surface area contributed by atoms with Crippen LogP contribution in [0.2, 0.25) is 0 Å². The summed E-state index contributed by atoms with van der Waals surface area (Å²) in [4.78, 5) is 10.2. The summed E-state index contributed by atoms with van der Waals surface area (Å²) in [6, 6.07) is 0. The number of rotatable bonds is 2. The molecule has 1 aliphatic carbocycles. The molecule has 1 saturated carbocycles. The van der Waals surface area contributed by atoms with Crippen LogP contribution in [0.5, 0.6) is 0 Å². The molecule has 2 nitrogen and oxygen atoms in total. The summed E-state index contributed by atoms with van der Waals surface area (Å²) in [5.74, 6) is -0.534. The van der Waals surface area contributed by atoms with E-state index in [1.54, 1.807) is 0 Å². The van der Waals surface area contributed by atoms with Crippen molar-refractivity contribution in [2.45, 2.75) is 13.3 Å². The minimum atomic E-state index is -0.678. The molecule has 0 radical (unpaired) electrons. The first-order valence-corrected chi connectivity index (χ1v) is 3.01. The fraction of sp³-hybridized carbons (Fsp3) is 0.571. The van der Waals surface area contributed by atoms with Crippen molar-refractivity contribution in [1.82, 2.24) is 0 Å². The average molecular weight is 126 g/mol.